The topological polar surface area (TPSA) is 131 Å². The van der Waals surface area contributed by atoms with Crippen LogP contribution in [0.2, 0.25) is 0 Å². The van der Waals surface area contributed by atoms with Crippen molar-refractivity contribution >= 4 is 34.9 Å². The summed E-state index contributed by atoms with van der Waals surface area (Å²) in [6.07, 6.45) is 6.79. The SMILES string of the molecule is CCCCOC(=O)N1CCC(c2ccc(Nc3ncc(F)c(-c4cc(F)c5nccc(C(C)NC(=O)OC(C)(C)C)c5c4)n3)nc2)CC1. The highest BCUT2D eigenvalue weighted by Gasteiger charge is 2.25. The molecule has 0 bridgehead atoms. The summed E-state index contributed by atoms with van der Waals surface area (Å²) in [7, 11) is 0. The lowest BCUT2D eigenvalue weighted by molar-refractivity contribution is 0.0508. The first kappa shape index (κ1) is 34.4. The van der Waals surface area contributed by atoms with Crippen molar-refractivity contribution < 1.29 is 27.8 Å². The molecular formula is C35H41F2N7O4. The summed E-state index contributed by atoms with van der Waals surface area (Å²) < 4.78 is 41.2. The second kappa shape index (κ2) is 14.9. The van der Waals surface area contributed by atoms with Crippen molar-refractivity contribution in [1.82, 2.24) is 30.2 Å². The number of fused-ring (bicyclic) bond motifs is 1. The summed E-state index contributed by atoms with van der Waals surface area (Å²) in [5.41, 5.74) is 1.05. The third kappa shape index (κ3) is 8.50. The van der Waals surface area contributed by atoms with Gasteiger partial charge in [-0.05, 0) is 88.3 Å². The zero-order valence-corrected chi connectivity index (χ0v) is 27.8. The minimum atomic E-state index is -0.742. The van der Waals surface area contributed by atoms with Crippen LogP contribution in [0.4, 0.5) is 30.1 Å². The van der Waals surface area contributed by atoms with Crippen molar-refractivity contribution in [3.63, 3.8) is 0 Å². The Labute approximate surface area is 278 Å². The second-order valence-electron chi connectivity index (χ2n) is 12.8. The van der Waals surface area contributed by atoms with E-state index in [1.54, 1.807) is 57.0 Å². The van der Waals surface area contributed by atoms with Crippen LogP contribution in [0, 0.1) is 11.6 Å². The van der Waals surface area contributed by atoms with Gasteiger partial charge < -0.3 is 25.0 Å². The third-order valence-electron chi connectivity index (χ3n) is 8.02. The fourth-order valence-electron chi connectivity index (χ4n) is 5.56. The van der Waals surface area contributed by atoms with Gasteiger partial charge in [0.15, 0.2) is 5.82 Å². The number of carbonyl (C=O) groups is 2. The molecule has 2 N–H and O–H groups in total. The van der Waals surface area contributed by atoms with Gasteiger partial charge in [0.05, 0.1) is 18.8 Å². The first-order chi connectivity index (χ1) is 22.9. The van der Waals surface area contributed by atoms with Gasteiger partial charge in [-0.1, -0.05) is 19.4 Å². The number of carbonyl (C=O) groups excluding carboxylic acids is 2. The molecule has 2 amide bonds. The molecule has 3 aromatic heterocycles. The molecule has 1 aliphatic heterocycles. The number of likely N-dealkylation sites (tertiary alicyclic amines) is 1. The number of rotatable bonds is 9. The van der Waals surface area contributed by atoms with Gasteiger partial charge in [0.2, 0.25) is 5.95 Å². The number of piperidine rings is 1. The number of amides is 2. The van der Waals surface area contributed by atoms with E-state index in [-0.39, 0.29) is 34.7 Å². The normalized spacial score (nSPS) is 14.4. The van der Waals surface area contributed by atoms with Crippen LogP contribution in [0.15, 0.2) is 48.9 Å². The quantitative estimate of drug-likeness (QED) is 0.172. The lowest BCUT2D eigenvalue weighted by Gasteiger charge is -2.31. The minimum absolute atomic E-state index is 0.0729. The average molecular weight is 662 g/mol. The Morgan fingerprint density at radius 2 is 1.81 bits per heavy atom. The smallest absolute Gasteiger partial charge is 0.409 e. The molecule has 13 heteroatoms. The summed E-state index contributed by atoms with van der Waals surface area (Å²) in [4.78, 5) is 43.5. The van der Waals surface area contributed by atoms with E-state index < -0.39 is 29.4 Å². The van der Waals surface area contributed by atoms with Gasteiger partial charge in [-0.15, -0.1) is 0 Å². The Morgan fingerprint density at radius 1 is 1.04 bits per heavy atom. The first-order valence-corrected chi connectivity index (χ1v) is 16.2. The van der Waals surface area contributed by atoms with E-state index in [4.69, 9.17) is 9.47 Å². The molecule has 4 heterocycles. The number of anilines is 2. The molecule has 48 heavy (non-hydrogen) atoms. The molecule has 0 saturated carbocycles. The maximum atomic E-state index is 15.4. The number of alkyl carbamates (subject to hydrolysis) is 1. The van der Waals surface area contributed by atoms with E-state index in [9.17, 15) is 9.59 Å². The van der Waals surface area contributed by atoms with Crippen LogP contribution < -0.4 is 10.6 Å². The molecule has 11 nitrogen and oxygen atoms in total. The Balaban J connectivity index is 1.30. The molecule has 0 spiro atoms. The minimum Gasteiger partial charge on any atom is -0.449 e. The average Bonchev–Trinajstić information content (AvgIpc) is 3.05. The molecule has 0 radical (unpaired) electrons. The van der Waals surface area contributed by atoms with Crippen LogP contribution in [-0.2, 0) is 9.47 Å². The van der Waals surface area contributed by atoms with Crippen molar-refractivity contribution in [3.05, 3.63) is 71.7 Å². The zero-order chi connectivity index (χ0) is 34.4. The highest BCUT2D eigenvalue weighted by atomic mass is 19.1. The number of pyridine rings is 2. The lowest BCUT2D eigenvalue weighted by atomic mass is 9.91. The number of nitrogens with zero attached hydrogens (tertiary/aromatic N) is 5. The Hall–Kier alpha value is -4.94. The van der Waals surface area contributed by atoms with Gasteiger partial charge in [0, 0.05) is 36.4 Å². The number of unbranched alkanes of at least 4 members (excludes halogenated alkanes) is 1. The first-order valence-electron chi connectivity index (χ1n) is 16.2. The van der Waals surface area contributed by atoms with Gasteiger partial charge in [0.1, 0.15) is 28.4 Å². The van der Waals surface area contributed by atoms with Crippen LogP contribution in [0.5, 0.6) is 0 Å². The number of hydrogen-bond donors (Lipinski definition) is 2. The van der Waals surface area contributed by atoms with E-state index in [0.717, 1.165) is 37.4 Å². The monoisotopic (exact) mass is 661 g/mol. The van der Waals surface area contributed by atoms with Crippen molar-refractivity contribution in [3.8, 4) is 11.3 Å². The van der Waals surface area contributed by atoms with Gasteiger partial charge in [-0.3, -0.25) is 4.98 Å². The highest BCUT2D eigenvalue weighted by molar-refractivity contribution is 5.88. The molecule has 1 saturated heterocycles. The molecule has 254 valence electrons. The number of aromatic nitrogens is 4. The van der Waals surface area contributed by atoms with Gasteiger partial charge in [-0.2, -0.15) is 0 Å². The van der Waals surface area contributed by atoms with Crippen molar-refractivity contribution in [2.24, 2.45) is 0 Å². The van der Waals surface area contributed by atoms with Gasteiger partial charge in [0.25, 0.3) is 0 Å². The molecule has 5 rings (SSSR count). The summed E-state index contributed by atoms with van der Waals surface area (Å²) in [6.45, 7) is 10.7. The number of ether oxygens (including phenoxy) is 2. The maximum Gasteiger partial charge on any atom is 0.409 e. The van der Waals surface area contributed by atoms with Crippen LogP contribution in [-0.4, -0.2) is 62.3 Å². The summed E-state index contributed by atoms with van der Waals surface area (Å²) in [5.74, 6) is -0.629. The van der Waals surface area contributed by atoms with E-state index in [2.05, 4.69) is 37.5 Å². The fraction of sp³-hybridized carbons (Fsp3) is 0.429. The zero-order valence-electron chi connectivity index (χ0n) is 27.8. The van der Waals surface area contributed by atoms with Crippen LogP contribution >= 0.6 is 0 Å². The molecule has 1 atom stereocenters. The molecular weight excluding hydrogens is 620 g/mol. The predicted octanol–water partition coefficient (Wildman–Crippen LogP) is 7.81. The highest BCUT2D eigenvalue weighted by Crippen LogP contribution is 2.32. The fourth-order valence-corrected chi connectivity index (χ4v) is 5.56. The molecule has 4 aromatic rings. The van der Waals surface area contributed by atoms with E-state index in [1.807, 2.05) is 6.07 Å². The Kier molecular flexibility index (Phi) is 10.7. The molecule has 1 fully saturated rings. The van der Waals surface area contributed by atoms with E-state index in [0.29, 0.717) is 36.5 Å². The number of nitrogens with one attached hydrogen (secondary N) is 2. The summed E-state index contributed by atoms with van der Waals surface area (Å²) in [6, 6.07) is 7.61. The summed E-state index contributed by atoms with van der Waals surface area (Å²) >= 11 is 0. The van der Waals surface area contributed by atoms with E-state index >= 15 is 8.78 Å². The van der Waals surface area contributed by atoms with Gasteiger partial charge in [-0.25, -0.2) is 33.3 Å². The molecule has 0 aliphatic carbocycles. The predicted molar refractivity (Wildman–Crippen MR) is 178 cm³/mol. The maximum absolute atomic E-state index is 15.4. The van der Waals surface area contributed by atoms with Crippen molar-refractivity contribution in [1.29, 1.82) is 0 Å². The Morgan fingerprint density at radius 3 is 2.50 bits per heavy atom. The van der Waals surface area contributed by atoms with Crippen LogP contribution in [0.25, 0.3) is 22.2 Å². The standard InChI is InChI=1S/C35H41F2N7O4/c1-6-7-16-47-34(46)44-14-11-22(12-15-44)23-8-9-29(39-19-23)42-32-40-20-28(37)30(43-32)24-17-26-25(10-13-38-31(26)27(36)18-24)21(2)41-33(45)48-35(3,4)5/h8-10,13,17-22H,6-7,11-12,14-16H2,1-5H3,(H,41,45)(H,39,40,42,43). The third-order valence-corrected chi connectivity index (χ3v) is 8.02. The number of halogens is 2. The number of benzene rings is 1. The molecule has 1 unspecified atom stereocenters. The van der Waals surface area contributed by atoms with Crippen molar-refractivity contribution in [2.75, 3.05) is 25.0 Å². The lowest BCUT2D eigenvalue weighted by Crippen LogP contribution is -2.38. The van der Waals surface area contributed by atoms with Gasteiger partial charge >= 0.3 is 12.2 Å². The number of hydrogen-bond acceptors (Lipinski definition) is 9. The Bertz CT molecular complexity index is 1760. The largest absolute Gasteiger partial charge is 0.449 e. The molecule has 1 aliphatic rings. The molecule has 1 aromatic carbocycles. The van der Waals surface area contributed by atoms with E-state index in [1.165, 1.54) is 12.3 Å². The summed E-state index contributed by atoms with van der Waals surface area (Å²) in [5, 5.41) is 6.15. The van der Waals surface area contributed by atoms with Crippen LogP contribution in [0.1, 0.15) is 83.4 Å². The second-order valence-corrected chi connectivity index (χ2v) is 12.8. The van der Waals surface area contributed by atoms with Crippen LogP contribution in [0.3, 0.4) is 0 Å². The van der Waals surface area contributed by atoms with Crippen molar-refractivity contribution in [2.45, 2.75) is 77.9 Å².